The first-order valence-corrected chi connectivity index (χ1v) is 3.29. The minimum absolute atomic E-state index is 0. The molecule has 0 atom stereocenters. The summed E-state index contributed by atoms with van der Waals surface area (Å²) in [5, 5.41) is 10.4. The molecule has 0 amide bonds. The summed E-state index contributed by atoms with van der Waals surface area (Å²) in [5.74, 6) is 0. The quantitative estimate of drug-likeness (QED) is 0.332. The molecule has 0 aromatic heterocycles. The van der Waals surface area contributed by atoms with Gasteiger partial charge in [-0.1, -0.05) is 26.1 Å². The molecule has 0 aliphatic carbocycles. The zero-order valence-electron chi connectivity index (χ0n) is 5.30. The van der Waals surface area contributed by atoms with Gasteiger partial charge in [0.1, 0.15) is 0 Å². The summed E-state index contributed by atoms with van der Waals surface area (Å²) in [4.78, 5) is 0. The van der Waals surface area contributed by atoms with Crippen molar-refractivity contribution >= 4 is 28.4 Å². The zero-order valence-corrected chi connectivity index (χ0v) is 10.1. The molecular formula is C4H7KOS2. The van der Waals surface area contributed by atoms with Crippen LogP contribution in [-0.2, 0) is 0 Å². The maximum Gasteiger partial charge on any atom is 1.00 e. The molecule has 0 unspecified atom stereocenters. The minimum atomic E-state index is -0.213. The van der Waals surface area contributed by atoms with Crippen molar-refractivity contribution in [3.63, 3.8) is 0 Å². The molecular weight excluding hydrogens is 167 g/mol. The molecule has 0 radical (unpaired) electrons. The van der Waals surface area contributed by atoms with Crippen LogP contribution >= 0.6 is 24.0 Å². The average Bonchev–Trinajstić information content (AvgIpc) is 1.27. The van der Waals surface area contributed by atoms with E-state index in [2.05, 4.69) is 12.2 Å². The first-order chi connectivity index (χ1) is 3.13. The van der Waals surface area contributed by atoms with Crippen LogP contribution in [0.3, 0.4) is 0 Å². The Bertz CT molecular complexity index is 74.4. The molecule has 0 aliphatic rings. The third-order valence-electron chi connectivity index (χ3n) is 0.332. The first kappa shape index (κ1) is 12.5. The van der Waals surface area contributed by atoms with Crippen molar-refractivity contribution in [2.75, 3.05) is 0 Å². The first-order valence-electron chi connectivity index (χ1n) is 2.00. The Kier molecular flexibility index (Phi) is 11.0. The number of rotatable bonds is 1. The molecule has 4 heteroatoms. The van der Waals surface area contributed by atoms with Gasteiger partial charge in [0.25, 0.3) is 0 Å². The molecule has 0 saturated heterocycles. The molecule has 0 N–H and O–H groups in total. The molecule has 42 valence electrons. The topological polar surface area (TPSA) is 23.1 Å². The monoisotopic (exact) mass is 174 g/mol. The zero-order chi connectivity index (χ0) is 5.86. The molecule has 0 fully saturated rings. The number of thiocarbonyl (C=S) groups is 1. The predicted molar refractivity (Wildman–Crippen MR) is 35.3 cm³/mol. The van der Waals surface area contributed by atoms with Gasteiger partial charge < -0.3 is 5.11 Å². The summed E-state index contributed by atoms with van der Waals surface area (Å²) in [6.07, 6.45) is 0. The second-order valence-corrected chi connectivity index (χ2v) is 3.60. The van der Waals surface area contributed by atoms with Crippen LogP contribution in [-0.4, -0.2) is 9.63 Å². The second kappa shape index (κ2) is 6.99. The van der Waals surface area contributed by atoms with Gasteiger partial charge in [-0.2, -0.15) is 0 Å². The number of hydrogen-bond donors (Lipinski definition) is 0. The third kappa shape index (κ3) is 10.8. The van der Waals surface area contributed by atoms with Crippen LogP contribution in [0.25, 0.3) is 0 Å². The third-order valence-corrected chi connectivity index (χ3v) is 1.28. The van der Waals surface area contributed by atoms with E-state index in [1.54, 1.807) is 0 Å². The van der Waals surface area contributed by atoms with Crippen molar-refractivity contribution in [3.05, 3.63) is 0 Å². The van der Waals surface area contributed by atoms with Gasteiger partial charge in [0.2, 0.25) is 0 Å². The fraction of sp³-hybridized carbons (Fsp3) is 0.750. The molecule has 0 saturated carbocycles. The van der Waals surface area contributed by atoms with Crippen LogP contribution in [0.15, 0.2) is 0 Å². The molecule has 0 rings (SSSR count). The van der Waals surface area contributed by atoms with E-state index in [9.17, 15) is 5.11 Å². The Morgan fingerprint density at radius 3 is 2.00 bits per heavy atom. The van der Waals surface area contributed by atoms with Gasteiger partial charge in [-0.3, -0.25) is 0 Å². The van der Waals surface area contributed by atoms with E-state index in [1.807, 2.05) is 13.8 Å². The van der Waals surface area contributed by atoms with Crippen LogP contribution in [0.4, 0.5) is 0 Å². The smallest absolute Gasteiger partial charge is 0.860 e. The average molecular weight is 174 g/mol. The Morgan fingerprint density at radius 2 is 2.00 bits per heavy atom. The maximum atomic E-state index is 10.0. The van der Waals surface area contributed by atoms with E-state index in [0.717, 1.165) is 0 Å². The summed E-state index contributed by atoms with van der Waals surface area (Å²) in [6.45, 7) is 3.88. The van der Waals surface area contributed by atoms with Crippen molar-refractivity contribution < 1.29 is 56.5 Å². The van der Waals surface area contributed by atoms with Gasteiger partial charge in [-0.25, -0.2) is 0 Å². The van der Waals surface area contributed by atoms with Crippen LogP contribution < -0.4 is 56.5 Å². The summed E-state index contributed by atoms with van der Waals surface area (Å²) >= 11 is 5.46. The number of hydrogen-bond acceptors (Lipinski definition) is 3. The Balaban J connectivity index is 0. The van der Waals surface area contributed by atoms with Crippen molar-refractivity contribution in [1.82, 2.24) is 0 Å². The Labute approximate surface area is 102 Å². The summed E-state index contributed by atoms with van der Waals surface area (Å²) in [5.41, 5.74) is 0. The minimum Gasteiger partial charge on any atom is -0.860 e. The fourth-order valence-corrected chi connectivity index (χ4v) is 1.15. The molecule has 8 heavy (non-hydrogen) atoms. The molecule has 1 nitrogen and oxygen atoms in total. The second-order valence-electron chi connectivity index (χ2n) is 1.42. The van der Waals surface area contributed by atoms with Crippen molar-refractivity contribution in [2.24, 2.45) is 0 Å². The van der Waals surface area contributed by atoms with Gasteiger partial charge in [0.15, 0.2) is 0 Å². The summed E-state index contributed by atoms with van der Waals surface area (Å²) < 4.78 is -0.213. The standard InChI is InChI=1S/C4H8OS2.K/c1-3(2)7-4(5)6;/h3H,1-2H3,(H,5,6);/q;+1/p-1. The summed E-state index contributed by atoms with van der Waals surface area (Å²) in [7, 11) is 0. The SMILES string of the molecule is CC(C)SC([O-])=S.[K+]. The normalized spacial score (nSPS) is 8.38. The maximum absolute atomic E-state index is 10.0. The predicted octanol–water partition coefficient (Wildman–Crippen LogP) is -2.22. The largest absolute Gasteiger partial charge is 1.00 e. The van der Waals surface area contributed by atoms with E-state index in [4.69, 9.17) is 0 Å². The van der Waals surface area contributed by atoms with Crippen LogP contribution in [0, 0.1) is 0 Å². The summed E-state index contributed by atoms with van der Waals surface area (Å²) in [6, 6.07) is 0. The van der Waals surface area contributed by atoms with Gasteiger partial charge in [-0.15, -0.1) is 11.8 Å². The number of thioether (sulfide) groups is 1. The molecule has 0 heterocycles. The van der Waals surface area contributed by atoms with Crippen molar-refractivity contribution in [3.8, 4) is 0 Å². The molecule has 0 aromatic rings. The van der Waals surface area contributed by atoms with Crippen molar-refractivity contribution in [2.45, 2.75) is 19.1 Å². The Hall–Kier alpha value is 1.88. The van der Waals surface area contributed by atoms with Crippen LogP contribution in [0.2, 0.25) is 0 Å². The van der Waals surface area contributed by atoms with Gasteiger partial charge in [0.05, 0.1) is 0 Å². The van der Waals surface area contributed by atoms with E-state index < -0.39 is 0 Å². The van der Waals surface area contributed by atoms with E-state index >= 15 is 0 Å². The van der Waals surface area contributed by atoms with E-state index in [-0.39, 0.29) is 55.8 Å². The molecule has 0 aromatic carbocycles. The van der Waals surface area contributed by atoms with Gasteiger partial charge >= 0.3 is 51.4 Å². The van der Waals surface area contributed by atoms with Gasteiger partial charge in [-0.05, 0) is 4.38 Å². The van der Waals surface area contributed by atoms with E-state index in [0.29, 0.717) is 5.25 Å². The molecule has 0 bridgehead atoms. The van der Waals surface area contributed by atoms with Crippen LogP contribution in [0.5, 0.6) is 0 Å². The fourth-order valence-electron chi connectivity index (χ4n) is 0.192. The van der Waals surface area contributed by atoms with Gasteiger partial charge in [0, 0.05) is 5.25 Å². The molecule has 0 spiro atoms. The van der Waals surface area contributed by atoms with Crippen molar-refractivity contribution in [1.29, 1.82) is 0 Å². The molecule has 0 aliphatic heterocycles. The Morgan fingerprint density at radius 1 is 1.62 bits per heavy atom. The van der Waals surface area contributed by atoms with E-state index in [1.165, 1.54) is 11.8 Å². The van der Waals surface area contributed by atoms with Crippen LogP contribution in [0.1, 0.15) is 13.8 Å².